The summed E-state index contributed by atoms with van der Waals surface area (Å²) >= 11 is 0. The number of aromatic nitrogens is 2. The molecule has 0 bridgehead atoms. The topological polar surface area (TPSA) is 56.1 Å². The summed E-state index contributed by atoms with van der Waals surface area (Å²) in [6.07, 6.45) is 0. The number of amides is 1. The van der Waals surface area contributed by atoms with Crippen molar-refractivity contribution in [2.75, 3.05) is 7.11 Å². The van der Waals surface area contributed by atoms with Crippen LogP contribution >= 0.6 is 0 Å². The van der Waals surface area contributed by atoms with Gasteiger partial charge in [-0.3, -0.25) is 9.48 Å². The first-order chi connectivity index (χ1) is 7.10. The molecule has 5 heteroatoms. The lowest BCUT2D eigenvalue weighted by Crippen LogP contribution is -2.19. The molecule has 1 rings (SSSR count). The standard InChI is InChI=1S/C10H17N3O2/c1-5-13-7(2)9(6-11-8(3)14)10(12-13)15-4/h5-6H2,1-4H3,(H,11,14). The molecule has 0 aromatic carbocycles. The quantitative estimate of drug-likeness (QED) is 0.803. The van der Waals surface area contributed by atoms with Crippen LogP contribution in [-0.2, 0) is 17.9 Å². The molecule has 1 aromatic rings. The van der Waals surface area contributed by atoms with Crippen molar-refractivity contribution >= 4 is 5.91 Å². The zero-order chi connectivity index (χ0) is 11.4. The molecule has 0 radical (unpaired) electrons. The van der Waals surface area contributed by atoms with Crippen molar-refractivity contribution in [1.82, 2.24) is 15.1 Å². The van der Waals surface area contributed by atoms with Gasteiger partial charge in [0, 0.05) is 25.7 Å². The highest BCUT2D eigenvalue weighted by molar-refractivity contribution is 5.72. The van der Waals surface area contributed by atoms with Crippen molar-refractivity contribution in [2.24, 2.45) is 0 Å². The molecule has 0 aliphatic heterocycles. The van der Waals surface area contributed by atoms with Gasteiger partial charge in [-0.15, -0.1) is 5.10 Å². The van der Waals surface area contributed by atoms with Crippen LogP contribution in [0.5, 0.6) is 5.88 Å². The molecular weight excluding hydrogens is 194 g/mol. The highest BCUT2D eigenvalue weighted by atomic mass is 16.5. The van der Waals surface area contributed by atoms with E-state index < -0.39 is 0 Å². The summed E-state index contributed by atoms with van der Waals surface area (Å²) in [5.74, 6) is 0.531. The van der Waals surface area contributed by atoms with E-state index in [1.54, 1.807) is 7.11 Å². The molecule has 84 valence electrons. The Morgan fingerprint density at radius 3 is 2.73 bits per heavy atom. The van der Waals surface area contributed by atoms with Crippen LogP contribution < -0.4 is 10.1 Å². The van der Waals surface area contributed by atoms with E-state index in [0.717, 1.165) is 17.8 Å². The first-order valence-corrected chi connectivity index (χ1v) is 4.94. The molecule has 1 heterocycles. The Bertz CT molecular complexity index is 358. The molecule has 0 unspecified atom stereocenters. The van der Waals surface area contributed by atoms with Gasteiger partial charge in [-0.2, -0.15) is 0 Å². The Morgan fingerprint density at radius 1 is 1.60 bits per heavy atom. The van der Waals surface area contributed by atoms with Crippen LogP contribution in [0.2, 0.25) is 0 Å². The predicted octanol–water partition coefficient (Wildman–Crippen LogP) is 0.856. The highest BCUT2D eigenvalue weighted by Crippen LogP contribution is 2.20. The normalized spacial score (nSPS) is 10.1. The summed E-state index contributed by atoms with van der Waals surface area (Å²) in [5, 5.41) is 7.01. The lowest BCUT2D eigenvalue weighted by Gasteiger charge is -2.03. The second-order valence-electron chi connectivity index (χ2n) is 3.30. The van der Waals surface area contributed by atoms with Gasteiger partial charge in [0.15, 0.2) is 0 Å². The molecule has 0 saturated heterocycles. The molecule has 1 aromatic heterocycles. The van der Waals surface area contributed by atoms with Crippen LogP contribution in [0.4, 0.5) is 0 Å². The first kappa shape index (κ1) is 11.6. The molecule has 1 amide bonds. The monoisotopic (exact) mass is 211 g/mol. The number of aryl methyl sites for hydroxylation is 1. The second-order valence-corrected chi connectivity index (χ2v) is 3.30. The van der Waals surface area contributed by atoms with Crippen LogP contribution in [0.15, 0.2) is 0 Å². The van der Waals surface area contributed by atoms with Crippen LogP contribution in [-0.4, -0.2) is 22.8 Å². The number of nitrogens with zero attached hydrogens (tertiary/aromatic N) is 2. The van der Waals surface area contributed by atoms with Crippen LogP contribution in [0.1, 0.15) is 25.1 Å². The molecule has 0 atom stereocenters. The van der Waals surface area contributed by atoms with Gasteiger partial charge in [0.25, 0.3) is 0 Å². The molecule has 0 aliphatic rings. The molecule has 15 heavy (non-hydrogen) atoms. The summed E-state index contributed by atoms with van der Waals surface area (Å²) in [7, 11) is 1.58. The molecule has 0 fully saturated rings. The summed E-state index contributed by atoms with van der Waals surface area (Å²) in [6, 6.07) is 0. The lowest BCUT2D eigenvalue weighted by molar-refractivity contribution is -0.119. The van der Waals surface area contributed by atoms with E-state index in [2.05, 4.69) is 10.4 Å². The van der Waals surface area contributed by atoms with Gasteiger partial charge < -0.3 is 10.1 Å². The van der Waals surface area contributed by atoms with Gasteiger partial charge in [0.05, 0.1) is 12.7 Å². The van der Waals surface area contributed by atoms with Crippen molar-refractivity contribution in [3.05, 3.63) is 11.3 Å². The average Bonchev–Trinajstić information content (AvgIpc) is 2.51. The van der Waals surface area contributed by atoms with E-state index >= 15 is 0 Å². The molecule has 5 nitrogen and oxygen atoms in total. The fourth-order valence-electron chi connectivity index (χ4n) is 1.44. The van der Waals surface area contributed by atoms with E-state index in [9.17, 15) is 4.79 Å². The second kappa shape index (κ2) is 4.82. The summed E-state index contributed by atoms with van der Waals surface area (Å²) in [5.41, 5.74) is 1.97. The average molecular weight is 211 g/mol. The predicted molar refractivity (Wildman–Crippen MR) is 56.7 cm³/mol. The molecule has 1 N–H and O–H groups in total. The number of ether oxygens (including phenoxy) is 1. The SMILES string of the molecule is CCn1nc(OC)c(CNC(C)=O)c1C. The maximum Gasteiger partial charge on any atom is 0.237 e. The Balaban J connectivity index is 2.92. The smallest absolute Gasteiger partial charge is 0.237 e. The van der Waals surface area contributed by atoms with Crippen molar-refractivity contribution in [2.45, 2.75) is 33.9 Å². The van der Waals surface area contributed by atoms with E-state index in [-0.39, 0.29) is 5.91 Å². The number of carbonyl (C=O) groups is 1. The number of nitrogens with one attached hydrogen (secondary N) is 1. The minimum absolute atomic E-state index is 0.0549. The molecule has 0 spiro atoms. The van der Waals surface area contributed by atoms with Crippen LogP contribution in [0.25, 0.3) is 0 Å². The van der Waals surface area contributed by atoms with Crippen molar-refractivity contribution in [3.63, 3.8) is 0 Å². The number of carbonyl (C=O) groups excluding carboxylic acids is 1. The third-order valence-electron chi connectivity index (χ3n) is 2.30. The number of hydrogen-bond acceptors (Lipinski definition) is 3. The Kier molecular flexibility index (Phi) is 3.71. The van der Waals surface area contributed by atoms with Gasteiger partial charge in [0.1, 0.15) is 0 Å². The van der Waals surface area contributed by atoms with Gasteiger partial charge in [-0.05, 0) is 13.8 Å². The van der Waals surface area contributed by atoms with E-state index in [1.165, 1.54) is 6.92 Å². The zero-order valence-corrected chi connectivity index (χ0v) is 9.63. The maximum absolute atomic E-state index is 10.8. The van der Waals surface area contributed by atoms with Crippen molar-refractivity contribution in [3.8, 4) is 5.88 Å². The van der Waals surface area contributed by atoms with Crippen molar-refractivity contribution in [1.29, 1.82) is 0 Å². The lowest BCUT2D eigenvalue weighted by atomic mass is 10.2. The molecule has 0 aliphatic carbocycles. The largest absolute Gasteiger partial charge is 0.480 e. The van der Waals surface area contributed by atoms with E-state index in [4.69, 9.17) is 4.74 Å². The summed E-state index contributed by atoms with van der Waals surface area (Å²) in [4.78, 5) is 10.8. The van der Waals surface area contributed by atoms with Gasteiger partial charge >= 0.3 is 0 Å². The number of rotatable bonds is 4. The van der Waals surface area contributed by atoms with E-state index in [1.807, 2.05) is 18.5 Å². The maximum atomic E-state index is 10.8. The van der Waals surface area contributed by atoms with Crippen LogP contribution in [0, 0.1) is 6.92 Å². The van der Waals surface area contributed by atoms with Gasteiger partial charge in [-0.1, -0.05) is 0 Å². The summed E-state index contributed by atoms with van der Waals surface area (Å²) < 4.78 is 7.01. The van der Waals surface area contributed by atoms with Gasteiger partial charge in [0.2, 0.25) is 11.8 Å². The van der Waals surface area contributed by atoms with Crippen molar-refractivity contribution < 1.29 is 9.53 Å². The highest BCUT2D eigenvalue weighted by Gasteiger charge is 2.14. The fraction of sp³-hybridized carbons (Fsp3) is 0.600. The first-order valence-electron chi connectivity index (χ1n) is 4.94. The minimum Gasteiger partial charge on any atom is -0.480 e. The third-order valence-corrected chi connectivity index (χ3v) is 2.30. The summed E-state index contributed by atoms with van der Waals surface area (Å²) in [6.45, 7) is 6.73. The third kappa shape index (κ3) is 2.49. The Morgan fingerprint density at radius 2 is 2.27 bits per heavy atom. The Hall–Kier alpha value is -1.52. The molecular formula is C10H17N3O2. The molecule has 0 saturated carbocycles. The van der Waals surface area contributed by atoms with Gasteiger partial charge in [-0.25, -0.2) is 0 Å². The minimum atomic E-state index is -0.0549. The van der Waals surface area contributed by atoms with E-state index in [0.29, 0.717) is 12.4 Å². The fourth-order valence-corrected chi connectivity index (χ4v) is 1.44. The number of methoxy groups -OCH3 is 1. The Labute approximate surface area is 89.4 Å². The number of hydrogen-bond donors (Lipinski definition) is 1. The zero-order valence-electron chi connectivity index (χ0n) is 9.63. The van der Waals surface area contributed by atoms with Crippen LogP contribution in [0.3, 0.4) is 0 Å².